The molecule has 3 nitrogen and oxygen atoms in total. The van der Waals surface area contributed by atoms with Gasteiger partial charge in [-0.3, -0.25) is 4.79 Å². The van der Waals surface area contributed by atoms with E-state index in [1.165, 1.54) is 18.2 Å². The van der Waals surface area contributed by atoms with Crippen LogP contribution in [0, 0.1) is 0 Å². The van der Waals surface area contributed by atoms with E-state index in [2.05, 4.69) is 15.9 Å². The largest absolute Gasteiger partial charge is 0.462 e. The van der Waals surface area contributed by atoms with Crippen LogP contribution in [0.3, 0.4) is 0 Å². The summed E-state index contributed by atoms with van der Waals surface area (Å²) in [6, 6.07) is 3.94. The normalized spacial score (nSPS) is 10.6. The van der Waals surface area contributed by atoms with Crippen LogP contribution in [0.15, 0.2) is 18.2 Å². The van der Waals surface area contributed by atoms with Gasteiger partial charge in [0.05, 0.1) is 12.2 Å². The minimum Gasteiger partial charge on any atom is -0.462 e. The van der Waals surface area contributed by atoms with Crippen LogP contribution < -0.4 is 0 Å². The molecule has 0 aliphatic carbocycles. The predicted molar refractivity (Wildman–Crippen MR) is 70.1 cm³/mol. The van der Waals surface area contributed by atoms with E-state index >= 15 is 0 Å². The SMILES string of the molecule is CCOC(=O)c1cccc(C(=O)CCBr)c1C(F)F. The highest BCUT2D eigenvalue weighted by atomic mass is 79.9. The van der Waals surface area contributed by atoms with Crippen LogP contribution in [0.5, 0.6) is 0 Å². The number of benzene rings is 1. The van der Waals surface area contributed by atoms with E-state index in [4.69, 9.17) is 4.74 Å². The highest BCUT2D eigenvalue weighted by Crippen LogP contribution is 2.28. The van der Waals surface area contributed by atoms with Crippen molar-refractivity contribution >= 4 is 27.7 Å². The quantitative estimate of drug-likeness (QED) is 0.452. The smallest absolute Gasteiger partial charge is 0.338 e. The Morgan fingerprint density at radius 3 is 2.47 bits per heavy atom. The fourth-order valence-electron chi connectivity index (χ4n) is 1.65. The zero-order chi connectivity index (χ0) is 14.4. The fourth-order valence-corrected chi connectivity index (χ4v) is 2.01. The van der Waals surface area contributed by atoms with Crippen molar-refractivity contribution in [1.29, 1.82) is 0 Å². The average molecular weight is 335 g/mol. The fraction of sp³-hybridized carbons (Fsp3) is 0.385. The summed E-state index contributed by atoms with van der Waals surface area (Å²) in [7, 11) is 0. The molecule has 1 rings (SSSR count). The van der Waals surface area contributed by atoms with Crippen molar-refractivity contribution in [3.05, 3.63) is 34.9 Å². The molecule has 104 valence electrons. The van der Waals surface area contributed by atoms with E-state index in [-0.39, 0.29) is 24.2 Å². The van der Waals surface area contributed by atoms with Gasteiger partial charge in [-0.15, -0.1) is 0 Å². The minimum absolute atomic E-state index is 0.0844. The molecule has 0 atom stereocenters. The maximum atomic E-state index is 13.1. The Balaban J connectivity index is 3.29. The van der Waals surface area contributed by atoms with Gasteiger partial charge in [0.15, 0.2) is 5.78 Å². The van der Waals surface area contributed by atoms with E-state index in [1.54, 1.807) is 6.92 Å². The summed E-state index contributed by atoms with van der Waals surface area (Å²) >= 11 is 3.08. The van der Waals surface area contributed by atoms with Crippen LogP contribution in [-0.4, -0.2) is 23.7 Å². The standard InChI is InChI=1S/C13H13BrF2O3/c1-2-19-13(18)9-5-3-4-8(10(17)6-7-14)11(9)12(15)16/h3-5,12H,2,6-7H2,1H3. The predicted octanol–water partition coefficient (Wildman–Crippen LogP) is 3.77. The van der Waals surface area contributed by atoms with Gasteiger partial charge in [-0.05, 0) is 13.0 Å². The number of ether oxygens (including phenoxy) is 1. The van der Waals surface area contributed by atoms with E-state index in [1.807, 2.05) is 0 Å². The average Bonchev–Trinajstić information content (AvgIpc) is 2.38. The van der Waals surface area contributed by atoms with Crippen LogP contribution in [0.4, 0.5) is 8.78 Å². The number of carbonyl (C=O) groups is 2. The Morgan fingerprint density at radius 1 is 1.32 bits per heavy atom. The molecule has 0 fully saturated rings. The van der Waals surface area contributed by atoms with Crippen molar-refractivity contribution in [2.24, 2.45) is 0 Å². The number of Topliss-reactive ketones (excluding diaryl/α,β-unsaturated/α-hetero) is 1. The number of rotatable bonds is 6. The van der Waals surface area contributed by atoms with Crippen LogP contribution in [0.2, 0.25) is 0 Å². The molecule has 0 aliphatic heterocycles. The summed E-state index contributed by atoms with van der Waals surface area (Å²) in [5, 5.41) is 0.373. The van der Waals surface area contributed by atoms with Crippen LogP contribution in [0.25, 0.3) is 0 Å². The zero-order valence-electron chi connectivity index (χ0n) is 10.3. The lowest BCUT2D eigenvalue weighted by atomic mass is 9.97. The summed E-state index contributed by atoms with van der Waals surface area (Å²) in [5.74, 6) is -1.27. The molecule has 1 aromatic carbocycles. The maximum Gasteiger partial charge on any atom is 0.338 e. The lowest BCUT2D eigenvalue weighted by Gasteiger charge is -2.12. The molecule has 0 bridgehead atoms. The van der Waals surface area contributed by atoms with Crippen molar-refractivity contribution in [1.82, 2.24) is 0 Å². The van der Waals surface area contributed by atoms with Gasteiger partial charge in [0.25, 0.3) is 6.43 Å². The molecule has 19 heavy (non-hydrogen) atoms. The Morgan fingerprint density at radius 2 is 1.95 bits per heavy atom. The topological polar surface area (TPSA) is 43.4 Å². The summed E-state index contributed by atoms with van der Waals surface area (Å²) in [6.07, 6.45) is -2.82. The second-order valence-electron chi connectivity index (χ2n) is 3.65. The molecular weight excluding hydrogens is 322 g/mol. The third kappa shape index (κ3) is 3.83. The van der Waals surface area contributed by atoms with Crippen LogP contribution in [-0.2, 0) is 4.74 Å². The highest BCUT2D eigenvalue weighted by molar-refractivity contribution is 9.09. The van der Waals surface area contributed by atoms with Gasteiger partial charge in [0, 0.05) is 22.9 Å². The Bertz CT molecular complexity index is 439. The molecule has 0 amide bonds. The minimum atomic E-state index is -2.91. The van der Waals surface area contributed by atoms with Crippen molar-refractivity contribution in [3.8, 4) is 0 Å². The molecule has 0 saturated heterocycles. The summed E-state index contributed by atoms with van der Waals surface area (Å²) < 4.78 is 31.0. The first-order valence-corrected chi connectivity index (χ1v) is 6.82. The molecule has 0 unspecified atom stereocenters. The molecule has 0 N–H and O–H groups in total. The monoisotopic (exact) mass is 334 g/mol. The van der Waals surface area contributed by atoms with E-state index in [9.17, 15) is 18.4 Å². The van der Waals surface area contributed by atoms with Crippen LogP contribution in [0.1, 0.15) is 46.0 Å². The van der Waals surface area contributed by atoms with Gasteiger partial charge in [-0.2, -0.15) is 0 Å². The summed E-state index contributed by atoms with van der Waals surface area (Å²) in [5.41, 5.74) is -0.927. The molecule has 0 aliphatic rings. The Hall–Kier alpha value is -1.30. The number of halogens is 3. The maximum absolute atomic E-state index is 13.1. The van der Waals surface area contributed by atoms with Gasteiger partial charge in [-0.1, -0.05) is 28.1 Å². The number of hydrogen-bond acceptors (Lipinski definition) is 3. The van der Waals surface area contributed by atoms with E-state index in [0.717, 1.165) is 0 Å². The number of esters is 1. The molecular formula is C13H13BrF2O3. The lowest BCUT2D eigenvalue weighted by molar-refractivity contribution is 0.0515. The van der Waals surface area contributed by atoms with Crippen molar-refractivity contribution in [2.75, 3.05) is 11.9 Å². The van der Waals surface area contributed by atoms with Crippen molar-refractivity contribution in [3.63, 3.8) is 0 Å². The van der Waals surface area contributed by atoms with E-state index < -0.39 is 23.7 Å². The third-order valence-electron chi connectivity index (χ3n) is 2.44. The summed E-state index contributed by atoms with van der Waals surface area (Å²) in [6.45, 7) is 1.67. The molecule has 0 radical (unpaired) electrons. The molecule has 1 aromatic rings. The molecule has 0 aromatic heterocycles. The molecule has 0 heterocycles. The lowest BCUT2D eigenvalue weighted by Crippen LogP contribution is -2.13. The Kier molecular flexibility index (Phi) is 6.08. The first-order chi connectivity index (χ1) is 9.02. The molecule has 0 spiro atoms. The first kappa shape index (κ1) is 15.8. The van der Waals surface area contributed by atoms with Gasteiger partial charge in [-0.25, -0.2) is 13.6 Å². The van der Waals surface area contributed by atoms with Gasteiger partial charge in [0.1, 0.15) is 0 Å². The van der Waals surface area contributed by atoms with Crippen LogP contribution >= 0.6 is 15.9 Å². The van der Waals surface area contributed by atoms with E-state index in [0.29, 0.717) is 5.33 Å². The van der Waals surface area contributed by atoms with Gasteiger partial charge in [0.2, 0.25) is 0 Å². The van der Waals surface area contributed by atoms with Crippen molar-refractivity contribution in [2.45, 2.75) is 19.8 Å². The third-order valence-corrected chi connectivity index (χ3v) is 2.84. The van der Waals surface area contributed by atoms with Gasteiger partial charge >= 0.3 is 5.97 Å². The summed E-state index contributed by atoms with van der Waals surface area (Å²) in [4.78, 5) is 23.4. The molecule has 6 heteroatoms. The zero-order valence-corrected chi connectivity index (χ0v) is 11.9. The number of hydrogen-bond donors (Lipinski definition) is 0. The number of alkyl halides is 3. The first-order valence-electron chi connectivity index (χ1n) is 5.70. The second-order valence-corrected chi connectivity index (χ2v) is 4.44. The molecule has 0 saturated carbocycles. The Labute approximate surface area is 118 Å². The number of ketones is 1. The second kappa shape index (κ2) is 7.33. The van der Waals surface area contributed by atoms with Crippen molar-refractivity contribution < 1.29 is 23.1 Å². The number of carbonyl (C=O) groups excluding carboxylic acids is 2. The highest BCUT2D eigenvalue weighted by Gasteiger charge is 2.25. The van der Waals surface area contributed by atoms with Gasteiger partial charge < -0.3 is 4.74 Å².